The number of aromatic amines is 1. The standard InChI is InChI=1S/C18H24N6O2/c1-13-2-4-14(5-3-13)12-24-9-8-20-18(26)16(24)10-17(25)19-7-6-15-11-21-23-22-15/h2-5,11,16H,6-10,12H2,1H3,(H,19,25)(H,20,26)(H,21,22,23). The summed E-state index contributed by atoms with van der Waals surface area (Å²) >= 11 is 0. The first-order valence-corrected chi connectivity index (χ1v) is 8.80. The van der Waals surface area contributed by atoms with Crippen molar-refractivity contribution in [2.75, 3.05) is 19.6 Å². The minimum atomic E-state index is -0.447. The summed E-state index contributed by atoms with van der Waals surface area (Å²) in [6.07, 6.45) is 2.38. The van der Waals surface area contributed by atoms with Gasteiger partial charge in [-0.15, -0.1) is 0 Å². The van der Waals surface area contributed by atoms with E-state index in [1.54, 1.807) is 6.20 Å². The Kier molecular flexibility index (Phi) is 5.96. The van der Waals surface area contributed by atoms with Gasteiger partial charge in [0.1, 0.15) is 0 Å². The van der Waals surface area contributed by atoms with E-state index < -0.39 is 6.04 Å². The van der Waals surface area contributed by atoms with Gasteiger partial charge in [0.15, 0.2) is 0 Å². The second kappa shape index (κ2) is 8.57. The molecule has 2 heterocycles. The fourth-order valence-corrected chi connectivity index (χ4v) is 3.02. The van der Waals surface area contributed by atoms with Gasteiger partial charge in [-0.2, -0.15) is 15.4 Å². The van der Waals surface area contributed by atoms with Gasteiger partial charge in [-0.3, -0.25) is 14.5 Å². The maximum atomic E-state index is 12.3. The lowest BCUT2D eigenvalue weighted by atomic mass is 10.1. The Morgan fingerprint density at radius 1 is 1.35 bits per heavy atom. The molecule has 1 aliphatic rings. The fourth-order valence-electron chi connectivity index (χ4n) is 3.02. The summed E-state index contributed by atoms with van der Waals surface area (Å²) in [5.74, 6) is -0.223. The van der Waals surface area contributed by atoms with Crippen LogP contribution in [0.3, 0.4) is 0 Å². The Bertz CT molecular complexity index is 729. The van der Waals surface area contributed by atoms with Crippen LogP contribution < -0.4 is 10.6 Å². The molecule has 1 fully saturated rings. The van der Waals surface area contributed by atoms with Crippen molar-refractivity contribution in [1.29, 1.82) is 0 Å². The molecule has 8 heteroatoms. The highest BCUT2D eigenvalue weighted by atomic mass is 16.2. The molecule has 0 radical (unpaired) electrons. The van der Waals surface area contributed by atoms with Gasteiger partial charge >= 0.3 is 0 Å². The van der Waals surface area contributed by atoms with Crippen molar-refractivity contribution in [3.63, 3.8) is 0 Å². The highest BCUT2D eigenvalue weighted by Crippen LogP contribution is 2.14. The van der Waals surface area contributed by atoms with Crippen LogP contribution in [0.5, 0.6) is 0 Å². The van der Waals surface area contributed by atoms with Crippen molar-refractivity contribution in [1.82, 2.24) is 30.9 Å². The summed E-state index contributed by atoms with van der Waals surface area (Å²) in [5.41, 5.74) is 3.14. The monoisotopic (exact) mass is 356 g/mol. The average Bonchev–Trinajstić information content (AvgIpc) is 3.13. The second-order valence-corrected chi connectivity index (χ2v) is 6.53. The molecule has 0 spiro atoms. The molecular formula is C18H24N6O2. The van der Waals surface area contributed by atoms with Crippen LogP contribution in [-0.4, -0.2) is 57.8 Å². The minimum Gasteiger partial charge on any atom is -0.356 e. The Labute approximate surface area is 152 Å². The first-order valence-electron chi connectivity index (χ1n) is 8.80. The lowest BCUT2D eigenvalue weighted by Crippen LogP contribution is -2.56. The molecule has 1 saturated heterocycles. The molecule has 1 unspecified atom stereocenters. The van der Waals surface area contributed by atoms with E-state index in [9.17, 15) is 9.59 Å². The fraction of sp³-hybridized carbons (Fsp3) is 0.444. The lowest BCUT2D eigenvalue weighted by Gasteiger charge is -2.34. The topological polar surface area (TPSA) is 103 Å². The number of H-pyrrole nitrogens is 1. The summed E-state index contributed by atoms with van der Waals surface area (Å²) < 4.78 is 0. The number of aryl methyl sites for hydroxylation is 1. The van der Waals surface area contributed by atoms with Gasteiger partial charge in [0.05, 0.1) is 24.4 Å². The molecule has 1 aromatic carbocycles. The molecule has 1 atom stereocenters. The van der Waals surface area contributed by atoms with E-state index >= 15 is 0 Å². The van der Waals surface area contributed by atoms with E-state index in [1.807, 2.05) is 6.92 Å². The number of carbonyl (C=O) groups is 2. The van der Waals surface area contributed by atoms with E-state index in [4.69, 9.17) is 0 Å². The molecule has 0 bridgehead atoms. The third-order valence-corrected chi connectivity index (χ3v) is 4.49. The number of nitrogens with one attached hydrogen (secondary N) is 3. The van der Waals surface area contributed by atoms with Crippen LogP contribution >= 0.6 is 0 Å². The molecule has 3 N–H and O–H groups in total. The van der Waals surface area contributed by atoms with Crippen molar-refractivity contribution in [3.8, 4) is 0 Å². The van der Waals surface area contributed by atoms with Crippen LogP contribution in [0.1, 0.15) is 23.2 Å². The van der Waals surface area contributed by atoms with Crippen LogP contribution in [0.4, 0.5) is 0 Å². The molecule has 2 aromatic rings. The van der Waals surface area contributed by atoms with Crippen LogP contribution in [-0.2, 0) is 22.6 Å². The third kappa shape index (κ3) is 4.89. The molecule has 8 nitrogen and oxygen atoms in total. The van der Waals surface area contributed by atoms with Crippen molar-refractivity contribution >= 4 is 11.8 Å². The van der Waals surface area contributed by atoms with Crippen molar-refractivity contribution in [2.45, 2.75) is 32.4 Å². The summed E-state index contributed by atoms with van der Waals surface area (Å²) in [6.45, 7) is 4.51. The van der Waals surface area contributed by atoms with Gasteiger partial charge in [0.2, 0.25) is 11.8 Å². The van der Waals surface area contributed by atoms with Gasteiger partial charge in [0, 0.05) is 32.6 Å². The molecule has 3 rings (SSSR count). The number of hydrogen-bond donors (Lipinski definition) is 3. The number of nitrogens with zero attached hydrogens (tertiary/aromatic N) is 3. The van der Waals surface area contributed by atoms with Crippen molar-refractivity contribution in [3.05, 3.63) is 47.3 Å². The van der Waals surface area contributed by atoms with Crippen LogP contribution in [0, 0.1) is 6.92 Å². The zero-order valence-corrected chi connectivity index (χ0v) is 14.9. The number of piperazine rings is 1. The first-order chi connectivity index (χ1) is 12.6. The van der Waals surface area contributed by atoms with Gasteiger partial charge in [-0.05, 0) is 12.5 Å². The van der Waals surface area contributed by atoms with E-state index in [2.05, 4.69) is 55.2 Å². The number of hydrogen-bond acceptors (Lipinski definition) is 5. The van der Waals surface area contributed by atoms with Crippen LogP contribution in [0.25, 0.3) is 0 Å². The molecule has 0 saturated carbocycles. The van der Waals surface area contributed by atoms with E-state index in [1.165, 1.54) is 5.56 Å². The summed E-state index contributed by atoms with van der Waals surface area (Å²) in [7, 11) is 0. The maximum absolute atomic E-state index is 12.3. The zero-order valence-electron chi connectivity index (χ0n) is 14.9. The Hall–Kier alpha value is -2.74. The smallest absolute Gasteiger partial charge is 0.237 e. The molecule has 1 aliphatic heterocycles. The summed E-state index contributed by atoms with van der Waals surface area (Å²) in [4.78, 5) is 26.6. The predicted octanol–water partition coefficient (Wildman–Crippen LogP) is 0.163. The number of amides is 2. The molecular weight excluding hydrogens is 332 g/mol. The molecule has 0 aliphatic carbocycles. The average molecular weight is 356 g/mol. The Morgan fingerprint density at radius 2 is 2.15 bits per heavy atom. The van der Waals surface area contributed by atoms with E-state index in [0.29, 0.717) is 26.1 Å². The maximum Gasteiger partial charge on any atom is 0.237 e. The third-order valence-electron chi connectivity index (χ3n) is 4.49. The SMILES string of the molecule is Cc1ccc(CN2CCNC(=O)C2CC(=O)NCCc2cn[nH]n2)cc1. The van der Waals surface area contributed by atoms with Crippen molar-refractivity contribution < 1.29 is 9.59 Å². The first kappa shape index (κ1) is 18.1. The Balaban J connectivity index is 1.54. The molecule has 138 valence electrons. The van der Waals surface area contributed by atoms with Gasteiger partial charge < -0.3 is 10.6 Å². The van der Waals surface area contributed by atoms with Crippen LogP contribution in [0.2, 0.25) is 0 Å². The van der Waals surface area contributed by atoms with Crippen molar-refractivity contribution in [2.24, 2.45) is 0 Å². The number of carbonyl (C=O) groups excluding carboxylic acids is 2. The number of benzene rings is 1. The molecule has 26 heavy (non-hydrogen) atoms. The lowest BCUT2D eigenvalue weighted by molar-refractivity contribution is -0.134. The van der Waals surface area contributed by atoms with Gasteiger partial charge in [-0.1, -0.05) is 29.8 Å². The summed E-state index contributed by atoms with van der Waals surface area (Å²) in [5, 5.41) is 15.9. The highest BCUT2D eigenvalue weighted by molar-refractivity contribution is 5.88. The second-order valence-electron chi connectivity index (χ2n) is 6.53. The molecule has 2 amide bonds. The predicted molar refractivity (Wildman–Crippen MR) is 96.1 cm³/mol. The normalized spacial score (nSPS) is 17.7. The van der Waals surface area contributed by atoms with Crippen LogP contribution in [0.15, 0.2) is 30.5 Å². The van der Waals surface area contributed by atoms with E-state index in [-0.39, 0.29) is 18.2 Å². The number of aromatic nitrogens is 3. The van der Waals surface area contributed by atoms with E-state index in [0.717, 1.165) is 17.8 Å². The minimum absolute atomic E-state index is 0.0880. The Morgan fingerprint density at radius 3 is 2.88 bits per heavy atom. The van der Waals surface area contributed by atoms with Gasteiger partial charge in [0.25, 0.3) is 0 Å². The quantitative estimate of drug-likeness (QED) is 0.656. The zero-order chi connectivity index (χ0) is 18.4. The molecule has 1 aromatic heterocycles. The summed E-state index contributed by atoms with van der Waals surface area (Å²) in [6, 6.07) is 7.81. The number of rotatable bonds is 7. The largest absolute Gasteiger partial charge is 0.356 e. The highest BCUT2D eigenvalue weighted by Gasteiger charge is 2.31. The van der Waals surface area contributed by atoms with Gasteiger partial charge in [-0.25, -0.2) is 0 Å².